The summed E-state index contributed by atoms with van der Waals surface area (Å²) >= 11 is 0. The SMILES string of the molecule is CCOC(=O)c1cccc(NC(=O)c2n[nH]c(=O)c3ccccc23)c1. The van der Waals surface area contributed by atoms with Crippen molar-refractivity contribution < 1.29 is 14.3 Å². The number of ether oxygens (including phenoxy) is 1. The Balaban J connectivity index is 1.91. The van der Waals surface area contributed by atoms with Crippen molar-refractivity contribution in [3.63, 3.8) is 0 Å². The van der Waals surface area contributed by atoms with E-state index in [1.54, 1.807) is 49.4 Å². The smallest absolute Gasteiger partial charge is 0.338 e. The number of H-pyrrole nitrogens is 1. The zero-order chi connectivity index (χ0) is 17.8. The molecule has 0 fully saturated rings. The van der Waals surface area contributed by atoms with Gasteiger partial charge in [0.05, 0.1) is 17.6 Å². The molecule has 0 saturated carbocycles. The van der Waals surface area contributed by atoms with Crippen molar-refractivity contribution in [1.82, 2.24) is 10.2 Å². The summed E-state index contributed by atoms with van der Waals surface area (Å²) in [6, 6.07) is 13.1. The highest BCUT2D eigenvalue weighted by molar-refractivity contribution is 6.11. The van der Waals surface area contributed by atoms with E-state index >= 15 is 0 Å². The lowest BCUT2D eigenvalue weighted by atomic mass is 10.1. The summed E-state index contributed by atoms with van der Waals surface area (Å²) in [5, 5.41) is 9.67. The first-order valence-electron chi connectivity index (χ1n) is 7.66. The van der Waals surface area contributed by atoms with Crippen molar-refractivity contribution in [1.29, 1.82) is 0 Å². The number of benzene rings is 2. The second-order valence-corrected chi connectivity index (χ2v) is 5.20. The number of anilines is 1. The highest BCUT2D eigenvalue weighted by Gasteiger charge is 2.15. The predicted octanol–water partition coefficient (Wildman–Crippen LogP) is 2.35. The molecule has 0 spiro atoms. The van der Waals surface area contributed by atoms with E-state index in [1.165, 1.54) is 6.07 Å². The number of aromatic nitrogens is 2. The third-order valence-corrected chi connectivity index (χ3v) is 3.54. The highest BCUT2D eigenvalue weighted by Crippen LogP contribution is 2.16. The highest BCUT2D eigenvalue weighted by atomic mass is 16.5. The maximum Gasteiger partial charge on any atom is 0.338 e. The maximum absolute atomic E-state index is 12.5. The first kappa shape index (κ1) is 16.4. The second-order valence-electron chi connectivity index (χ2n) is 5.20. The van der Waals surface area contributed by atoms with Crippen LogP contribution in [0.15, 0.2) is 53.3 Å². The van der Waals surface area contributed by atoms with Crippen LogP contribution < -0.4 is 10.9 Å². The predicted molar refractivity (Wildman–Crippen MR) is 92.7 cm³/mol. The molecule has 0 unspecified atom stereocenters. The fourth-order valence-electron chi connectivity index (χ4n) is 2.42. The van der Waals surface area contributed by atoms with Gasteiger partial charge in [0.25, 0.3) is 11.5 Å². The molecule has 25 heavy (non-hydrogen) atoms. The van der Waals surface area contributed by atoms with Crippen LogP contribution in [0.5, 0.6) is 0 Å². The van der Waals surface area contributed by atoms with E-state index in [0.29, 0.717) is 22.0 Å². The van der Waals surface area contributed by atoms with Crippen molar-refractivity contribution in [2.45, 2.75) is 6.92 Å². The molecule has 2 N–H and O–H groups in total. The van der Waals surface area contributed by atoms with Gasteiger partial charge < -0.3 is 10.1 Å². The molecular weight excluding hydrogens is 322 g/mol. The van der Waals surface area contributed by atoms with Crippen LogP contribution in [0.3, 0.4) is 0 Å². The Hall–Kier alpha value is -3.48. The van der Waals surface area contributed by atoms with Gasteiger partial charge in [0.15, 0.2) is 5.69 Å². The number of nitrogens with zero attached hydrogens (tertiary/aromatic N) is 1. The Morgan fingerprint density at radius 2 is 1.88 bits per heavy atom. The quantitative estimate of drug-likeness (QED) is 0.712. The van der Waals surface area contributed by atoms with Crippen LogP contribution >= 0.6 is 0 Å². The number of rotatable bonds is 4. The fourth-order valence-corrected chi connectivity index (χ4v) is 2.42. The minimum absolute atomic E-state index is 0.0942. The van der Waals surface area contributed by atoms with Crippen molar-refractivity contribution >= 4 is 28.3 Å². The summed E-state index contributed by atoms with van der Waals surface area (Å²) in [6.07, 6.45) is 0. The Kier molecular flexibility index (Phi) is 4.56. The molecule has 3 rings (SSSR count). The number of aromatic amines is 1. The minimum Gasteiger partial charge on any atom is -0.462 e. The molecule has 0 radical (unpaired) electrons. The van der Waals surface area contributed by atoms with Gasteiger partial charge in [-0.2, -0.15) is 5.10 Å². The second kappa shape index (κ2) is 6.96. The summed E-state index contributed by atoms with van der Waals surface area (Å²) in [5.74, 6) is -0.959. The Morgan fingerprint density at radius 1 is 1.12 bits per heavy atom. The molecule has 0 aliphatic heterocycles. The van der Waals surface area contributed by atoms with Gasteiger partial charge in [-0.25, -0.2) is 9.89 Å². The molecule has 7 heteroatoms. The van der Waals surface area contributed by atoms with E-state index in [0.717, 1.165) is 0 Å². The minimum atomic E-state index is -0.492. The molecule has 1 amide bonds. The number of fused-ring (bicyclic) bond motifs is 1. The van der Waals surface area contributed by atoms with Crippen LogP contribution in [-0.4, -0.2) is 28.7 Å². The van der Waals surface area contributed by atoms with Gasteiger partial charge in [0.2, 0.25) is 0 Å². The first-order valence-corrected chi connectivity index (χ1v) is 7.66. The molecule has 0 saturated heterocycles. The van der Waals surface area contributed by atoms with E-state index in [9.17, 15) is 14.4 Å². The van der Waals surface area contributed by atoms with Crippen LogP contribution in [0.2, 0.25) is 0 Å². The molecule has 7 nitrogen and oxygen atoms in total. The lowest BCUT2D eigenvalue weighted by Gasteiger charge is -2.08. The summed E-state index contributed by atoms with van der Waals surface area (Å²) in [5.41, 5.74) is 0.486. The lowest BCUT2D eigenvalue weighted by Crippen LogP contribution is -2.19. The van der Waals surface area contributed by atoms with Crippen LogP contribution in [0.4, 0.5) is 5.69 Å². The third kappa shape index (κ3) is 3.40. The average Bonchev–Trinajstić information content (AvgIpc) is 2.62. The number of esters is 1. The zero-order valence-corrected chi connectivity index (χ0v) is 13.4. The molecule has 1 heterocycles. The molecule has 126 valence electrons. The average molecular weight is 337 g/mol. The van der Waals surface area contributed by atoms with Gasteiger partial charge >= 0.3 is 5.97 Å². The van der Waals surface area contributed by atoms with E-state index in [4.69, 9.17) is 4.74 Å². The summed E-state index contributed by atoms with van der Waals surface area (Å²) in [6.45, 7) is 1.99. The van der Waals surface area contributed by atoms with Crippen molar-refractivity contribution in [2.24, 2.45) is 0 Å². The van der Waals surface area contributed by atoms with Gasteiger partial charge in [0.1, 0.15) is 0 Å². The van der Waals surface area contributed by atoms with Crippen LogP contribution in [0, 0.1) is 0 Å². The van der Waals surface area contributed by atoms with Gasteiger partial charge in [-0.3, -0.25) is 9.59 Å². The first-order chi connectivity index (χ1) is 12.1. The van der Waals surface area contributed by atoms with Gasteiger partial charge in [-0.05, 0) is 31.2 Å². The van der Waals surface area contributed by atoms with Crippen LogP contribution in [-0.2, 0) is 4.74 Å². The fraction of sp³-hybridized carbons (Fsp3) is 0.111. The molecule has 1 aromatic heterocycles. The molecular formula is C18H15N3O4. The molecule has 3 aromatic rings. The topological polar surface area (TPSA) is 101 Å². The van der Waals surface area contributed by atoms with Gasteiger partial charge in [-0.15, -0.1) is 0 Å². The van der Waals surface area contributed by atoms with E-state index in [2.05, 4.69) is 15.5 Å². The Labute approximate surface area is 142 Å². The largest absolute Gasteiger partial charge is 0.462 e. The number of carbonyl (C=O) groups is 2. The van der Waals surface area contributed by atoms with Crippen molar-refractivity contribution in [2.75, 3.05) is 11.9 Å². The van der Waals surface area contributed by atoms with E-state index in [1.807, 2.05) is 0 Å². The van der Waals surface area contributed by atoms with E-state index in [-0.39, 0.29) is 17.9 Å². The van der Waals surface area contributed by atoms with Gasteiger partial charge in [-0.1, -0.05) is 24.3 Å². The third-order valence-electron chi connectivity index (χ3n) is 3.54. The lowest BCUT2D eigenvalue weighted by molar-refractivity contribution is 0.0526. The maximum atomic E-state index is 12.5. The van der Waals surface area contributed by atoms with Crippen LogP contribution in [0.1, 0.15) is 27.8 Å². The van der Waals surface area contributed by atoms with Crippen molar-refractivity contribution in [3.8, 4) is 0 Å². The Bertz CT molecular complexity index is 1010. The number of amides is 1. The number of hydrogen-bond acceptors (Lipinski definition) is 5. The van der Waals surface area contributed by atoms with Crippen LogP contribution in [0.25, 0.3) is 10.8 Å². The van der Waals surface area contributed by atoms with Crippen molar-refractivity contribution in [3.05, 3.63) is 70.1 Å². The molecule has 0 aliphatic carbocycles. The normalized spacial score (nSPS) is 10.4. The number of hydrogen-bond donors (Lipinski definition) is 2. The van der Waals surface area contributed by atoms with Gasteiger partial charge in [0, 0.05) is 11.1 Å². The number of carbonyl (C=O) groups excluding carboxylic acids is 2. The number of nitrogens with one attached hydrogen (secondary N) is 2. The summed E-state index contributed by atoms with van der Waals surface area (Å²) in [4.78, 5) is 36.1. The zero-order valence-electron chi connectivity index (χ0n) is 13.4. The standard InChI is InChI=1S/C18H15N3O4/c1-2-25-18(24)11-6-5-7-12(10-11)19-17(23)15-13-8-3-4-9-14(13)16(22)21-20-15/h3-10H,2H2,1H3,(H,19,23)(H,21,22). The summed E-state index contributed by atoms with van der Waals surface area (Å²) in [7, 11) is 0. The molecule has 0 aliphatic rings. The monoisotopic (exact) mass is 337 g/mol. The summed E-state index contributed by atoms with van der Waals surface area (Å²) < 4.78 is 4.94. The molecule has 0 bridgehead atoms. The molecule has 2 aromatic carbocycles. The Morgan fingerprint density at radius 3 is 2.64 bits per heavy atom. The molecule has 0 atom stereocenters. The van der Waals surface area contributed by atoms with E-state index < -0.39 is 11.9 Å².